The van der Waals surface area contributed by atoms with Crippen molar-refractivity contribution in [1.29, 1.82) is 0 Å². The molecule has 38 heavy (non-hydrogen) atoms. The van der Waals surface area contributed by atoms with Gasteiger partial charge in [-0.05, 0) is 42.0 Å². The summed E-state index contributed by atoms with van der Waals surface area (Å²) in [5.74, 6) is -0.598. The number of hydrogen-bond donors (Lipinski definition) is 4. The number of hydrogen-bond acceptors (Lipinski definition) is 6. The molecule has 0 fully saturated rings. The predicted molar refractivity (Wildman–Crippen MR) is 133 cm³/mol. The minimum atomic E-state index is -4.54. The summed E-state index contributed by atoms with van der Waals surface area (Å²) in [7, 11) is -4.26. The van der Waals surface area contributed by atoms with Crippen molar-refractivity contribution in [2.24, 2.45) is 0 Å². The van der Waals surface area contributed by atoms with Crippen molar-refractivity contribution in [1.82, 2.24) is 15.5 Å². The van der Waals surface area contributed by atoms with Crippen LogP contribution in [0.2, 0.25) is 5.02 Å². The van der Waals surface area contributed by atoms with Gasteiger partial charge in [0.05, 0.1) is 22.3 Å². The fraction of sp³-hybridized carbons (Fsp3) is 0.208. The smallest absolute Gasteiger partial charge is 0.433 e. The lowest BCUT2D eigenvalue weighted by Crippen LogP contribution is -2.26. The predicted octanol–water partition coefficient (Wildman–Crippen LogP) is 4.88. The number of alkyl halides is 3. The van der Waals surface area contributed by atoms with E-state index in [1.807, 2.05) is 5.10 Å². The number of anilines is 1. The number of sulfonamides is 1. The van der Waals surface area contributed by atoms with Crippen LogP contribution in [-0.2, 0) is 16.2 Å². The van der Waals surface area contributed by atoms with Gasteiger partial charge < -0.3 is 15.2 Å². The molecule has 0 amide bonds. The topological polar surface area (TPSA) is 116 Å². The molecule has 0 bridgehead atoms. The van der Waals surface area contributed by atoms with Crippen molar-refractivity contribution in [3.63, 3.8) is 0 Å². The molecule has 4 rings (SSSR count). The monoisotopic (exact) mass is 572 g/mol. The van der Waals surface area contributed by atoms with Crippen LogP contribution in [0.4, 0.5) is 23.2 Å². The van der Waals surface area contributed by atoms with E-state index in [1.165, 1.54) is 48.5 Å². The van der Waals surface area contributed by atoms with Crippen LogP contribution >= 0.6 is 11.6 Å². The van der Waals surface area contributed by atoms with Crippen LogP contribution < -0.4 is 14.8 Å². The average Bonchev–Trinajstić information content (AvgIpc) is 3.29. The minimum Gasteiger partial charge on any atom is -0.492 e. The average molecular weight is 573 g/mol. The Balaban J connectivity index is 1.31. The standard InChI is InChI=1S/C24H21ClF4N4O4S/c25-17-8-5-14(11-20(17)33-38(35,36)22-4-2-1-3-18(22)26)21(34)13-30-9-10-37-15-6-7-16-19(12-15)31-32-23(16)24(27,28)29/h1-8,11-12,21,30,33-34H,9-10,13H2,(H,31,32)/t21-/m0/s1. The Morgan fingerprint density at radius 2 is 1.87 bits per heavy atom. The quantitative estimate of drug-likeness (QED) is 0.159. The van der Waals surface area contributed by atoms with Crippen LogP contribution in [-0.4, -0.2) is 43.4 Å². The van der Waals surface area contributed by atoms with E-state index in [0.29, 0.717) is 11.3 Å². The molecule has 3 aromatic carbocycles. The van der Waals surface area contributed by atoms with E-state index in [1.54, 1.807) is 0 Å². The van der Waals surface area contributed by atoms with Crippen molar-refractivity contribution < 1.29 is 35.8 Å². The van der Waals surface area contributed by atoms with Gasteiger partial charge in [0.1, 0.15) is 28.8 Å². The number of H-pyrrole nitrogens is 1. The number of aliphatic hydroxyl groups is 1. The van der Waals surface area contributed by atoms with Gasteiger partial charge in [0.2, 0.25) is 0 Å². The van der Waals surface area contributed by atoms with E-state index in [9.17, 15) is 31.1 Å². The van der Waals surface area contributed by atoms with E-state index in [4.69, 9.17) is 16.3 Å². The highest BCUT2D eigenvalue weighted by atomic mass is 35.5. The number of benzene rings is 3. The zero-order valence-electron chi connectivity index (χ0n) is 19.4. The van der Waals surface area contributed by atoms with Crippen molar-refractivity contribution in [3.05, 3.63) is 82.8 Å². The number of nitrogens with zero attached hydrogens (tertiary/aromatic N) is 1. The molecule has 0 aliphatic carbocycles. The largest absolute Gasteiger partial charge is 0.492 e. The number of aromatic amines is 1. The number of ether oxygens (including phenoxy) is 1. The normalized spacial score (nSPS) is 13.0. The molecule has 1 aromatic heterocycles. The molecule has 0 radical (unpaired) electrons. The molecule has 0 aliphatic rings. The highest BCUT2D eigenvalue weighted by molar-refractivity contribution is 7.92. The van der Waals surface area contributed by atoms with E-state index < -0.39 is 38.7 Å². The van der Waals surface area contributed by atoms with Gasteiger partial charge in [-0.15, -0.1) is 0 Å². The number of aromatic nitrogens is 2. The van der Waals surface area contributed by atoms with Gasteiger partial charge in [-0.3, -0.25) is 9.82 Å². The minimum absolute atomic E-state index is 0.0303. The molecule has 0 aliphatic heterocycles. The second kappa shape index (κ2) is 11.2. The van der Waals surface area contributed by atoms with Crippen LogP contribution in [0, 0.1) is 5.82 Å². The summed E-state index contributed by atoms with van der Waals surface area (Å²) in [6.45, 7) is 0.491. The highest BCUT2D eigenvalue weighted by Gasteiger charge is 2.35. The van der Waals surface area contributed by atoms with E-state index in [2.05, 4.69) is 15.1 Å². The number of nitrogens with one attached hydrogen (secondary N) is 3. The van der Waals surface area contributed by atoms with E-state index in [0.717, 1.165) is 12.1 Å². The first kappa shape index (κ1) is 27.6. The van der Waals surface area contributed by atoms with Crippen molar-refractivity contribution >= 4 is 38.2 Å². The first-order valence-corrected chi connectivity index (χ1v) is 13.0. The van der Waals surface area contributed by atoms with Crippen molar-refractivity contribution in [2.75, 3.05) is 24.4 Å². The SMILES string of the molecule is O=S(=O)(Nc1cc([C@@H](O)CNCCOc2ccc3c(C(F)(F)F)[nH]nc3c2)ccc1Cl)c1ccccc1F. The molecule has 0 saturated heterocycles. The van der Waals surface area contributed by atoms with Gasteiger partial charge in [0, 0.05) is 24.5 Å². The Morgan fingerprint density at radius 1 is 1.11 bits per heavy atom. The van der Waals surface area contributed by atoms with Gasteiger partial charge >= 0.3 is 6.18 Å². The van der Waals surface area contributed by atoms with Gasteiger partial charge in [0.25, 0.3) is 10.0 Å². The van der Waals surface area contributed by atoms with Crippen LogP contribution in [0.25, 0.3) is 10.9 Å². The van der Waals surface area contributed by atoms with Crippen LogP contribution in [0.15, 0.2) is 65.6 Å². The molecule has 8 nitrogen and oxygen atoms in total. The fourth-order valence-electron chi connectivity index (χ4n) is 3.59. The highest BCUT2D eigenvalue weighted by Crippen LogP contribution is 2.34. The summed E-state index contributed by atoms with van der Waals surface area (Å²) in [4.78, 5) is -0.545. The number of fused-ring (bicyclic) bond motifs is 1. The van der Waals surface area contributed by atoms with Gasteiger partial charge in [0.15, 0.2) is 0 Å². The third kappa shape index (κ3) is 6.35. The van der Waals surface area contributed by atoms with Gasteiger partial charge in [-0.2, -0.15) is 18.3 Å². The lowest BCUT2D eigenvalue weighted by Gasteiger charge is -2.16. The maximum Gasteiger partial charge on any atom is 0.433 e. The molecular weight excluding hydrogens is 552 g/mol. The molecule has 202 valence electrons. The lowest BCUT2D eigenvalue weighted by atomic mass is 10.1. The van der Waals surface area contributed by atoms with Crippen molar-refractivity contribution in [3.8, 4) is 5.75 Å². The summed E-state index contributed by atoms with van der Waals surface area (Å²) in [5, 5.41) is 19.1. The third-order valence-electron chi connectivity index (χ3n) is 5.44. The molecule has 1 heterocycles. The zero-order valence-corrected chi connectivity index (χ0v) is 21.0. The Hall–Kier alpha value is -3.39. The summed E-state index contributed by atoms with van der Waals surface area (Å²) in [6.07, 6.45) is -5.60. The Bertz CT molecular complexity index is 1550. The second-order valence-electron chi connectivity index (χ2n) is 8.12. The molecule has 0 spiro atoms. The molecule has 4 N–H and O–H groups in total. The first-order chi connectivity index (χ1) is 18.0. The molecular formula is C24H21ClF4N4O4S. The fourth-order valence-corrected chi connectivity index (χ4v) is 4.96. The molecule has 0 unspecified atom stereocenters. The van der Waals surface area contributed by atoms with Gasteiger partial charge in [-0.25, -0.2) is 12.8 Å². The van der Waals surface area contributed by atoms with E-state index in [-0.39, 0.29) is 41.3 Å². The van der Waals surface area contributed by atoms with E-state index >= 15 is 0 Å². The van der Waals surface area contributed by atoms with Crippen LogP contribution in [0.5, 0.6) is 5.75 Å². The van der Waals surface area contributed by atoms with Crippen LogP contribution in [0.1, 0.15) is 17.4 Å². The number of rotatable bonds is 10. The Kier molecular flexibility index (Phi) is 8.11. The van der Waals surface area contributed by atoms with Crippen LogP contribution in [0.3, 0.4) is 0 Å². The molecule has 4 aromatic rings. The summed E-state index contributed by atoms with van der Waals surface area (Å²) in [6, 6.07) is 13.2. The zero-order chi connectivity index (χ0) is 27.5. The Morgan fingerprint density at radius 3 is 2.61 bits per heavy atom. The molecule has 14 heteroatoms. The lowest BCUT2D eigenvalue weighted by molar-refractivity contribution is -0.139. The maximum atomic E-state index is 14.0. The summed E-state index contributed by atoms with van der Waals surface area (Å²) < 4.78 is 85.7. The number of aliphatic hydroxyl groups excluding tert-OH is 1. The maximum absolute atomic E-state index is 14.0. The second-order valence-corrected chi connectivity index (χ2v) is 10.2. The summed E-state index contributed by atoms with van der Waals surface area (Å²) >= 11 is 6.10. The summed E-state index contributed by atoms with van der Waals surface area (Å²) in [5.41, 5.74) is -0.502. The molecule has 0 saturated carbocycles. The number of halogens is 5. The third-order valence-corrected chi connectivity index (χ3v) is 7.17. The van der Waals surface area contributed by atoms with Gasteiger partial charge in [-0.1, -0.05) is 29.8 Å². The first-order valence-electron chi connectivity index (χ1n) is 11.1. The van der Waals surface area contributed by atoms with Crippen molar-refractivity contribution in [2.45, 2.75) is 17.2 Å². The Labute approximate surface area is 219 Å². The molecule has 1 atom stereocenters.